The van der Waals surface area contributed by atoms with Crippen molar-refractivity contribution in [2.75, 3.05) is 51.6 Å². The van der Waals surface area contributed by atoms with E-state index in [1.54, 1.807) is 18.3 Å². The number of aromatic nitrogens is 2. The van der Waals surface area contributed by atoms with Crippen LogP contribution in [0.15, 0.2) is 30.5 Å². The van der Waals surface area contributed by atoms with E-state index in [4.69, 9.17) is 16.7 Å². The van der Waals surface area contributed by atoms with Crippen molar-refractivity contribution in [1.82, 2.24) is 30.6 Å². The molecular weight excluding hydrogens is 478 g/mol. The lowest BCUT2D eigenvalue weighted by atomic mass is 10.1. The molecule has 0 radical (unpaired) electrons. The van der Waals surface area contributed by atoms with E-state index in [2.05, 4.69) is 37.6 Å². The van der Waals surface area contributed by atoms with Gasteiger partial charge in [-0.05, 0) is 38.2 Å². The number of amides is 2. The summed E-state index contributed by atoms with van der Waals surface area (Å²) in [6.45, 7) is 6.17. The maximum Gasteiger partial charge on any atom is 0.423 e. The fourth-order valence-electron chi connectivity index (χ4n) is 3.75. The minimum atomic E-state index is -1.34. The second-order valence-corrected chi connectivity index (χ2v) is 9.52. The van der Waals surface area contributed by atoms with E-state index in [9.17, 15) is 9.59 Å². The summed E-state index contributed by atoms with van der Waals surface area (Å²) in [6.07, 6.45) is 1.21. The van der Waals surface area contributed by atoms with Crippen molar-refractivity contribution in [2.24, 2.45) is 0 Å². The molecule has 10 nitrogen and oxygen atoms in total. The van der Waals surface area contributed by atoms with Gasteiger partial charge in [-0.2, -0.15) is 0 Å². The average Bonchev–Trinajstić information content (AvgIpc) is 3.26. The third-order valence-corrected chi connectivity index (χ3v) is 6.98. The number of hydrogen-bond donors (Lipinski definition) is 4. The zero-order valence-electron chi connectivity index (χ0n) is 18.7. The molecule has 1 fully saturated rings. The molecule has 1 aliphatic heterocycles. The van der Waals surface area contributed by atoms with Gasteiger partial charge in [0.15, 0.2) is 0 Å². The van der Waals surface area contributed by atoms with E-state index in [1.807, 2.05) is 17.6 Å². The lowest BCUT2D eigenvalue weighted by Gasteiger charge is -2.32. The van der Waals surface area contributed by atoms with Crippen LogP contribution in [0.25, 0.3) is 20.7 Å². The molecule has 0 bridgehead atoms. The molecule has 180 valence electrons. The third kappa shape index (κ3) is 5.92. The molecule has 4 rings (SSSR count). The Labute approximate surface area is 205 Å². The lowest BCUT2D eigenvalue weighted by Crippen LogP contribution is -2.44. The van der Waals surface area contributed by atoms with Gasteiger partial charge in [0.25, 0.3) is 5.91 Å². The average molecular weight is 504 g/mol. The maximum absolute atomic E-state index is 12.4. The summed E-state index contributed by atoms with van der Waals surface area (Å²) in [7, 11) is 2.15. The standard InChI is InChI=1S/C22H26ClN7O3S/c1-29-8-10-30(11-9-29)7-3-6-24-21-25-13-16(23)19(26-21)18-12-15-14(4-2-5-17(15)34-18)20(31)27-28-22(32)33/h2,4-5,12-13,28H,3,6-11H2,1H3,(H,27,31)(H,32,33)(H,24,25,26). The van der Waals surface area contributed by atoms with Crippen molar-refractivity contribution in [3.63, 3.8) is 0 Å². The van der Waals surface area contributed by atoms with Crippen LogP contribution < -0.4 is 16.2 Å². The Morgan fingerprint density at radius 2 is 2.00 bits per heavy atom. The topological polar surface area (TPSA) is 123 Å². The van der Waals surface area contributed by atoms with Gasteiger partial charge in [-0.25, -0.2) is 20.2 Å². The van der Waals surface area contributed by atoms with E-state index < -0.39 is 12.0 Å². The van der Waals surface area contributed by atoms with Crippen LogP contribution >= 0.6 is 22.9 Å². The van der Waals surface area contributed by atoms with Crippen LogP contribution in [-0.4, -0.2) is 83.2 Å². The largest absolute Gasteiger partial charge is 0.464 e. The van der Waals surface area contributed by atoms with E-state index in [0.717, 1.165) is 55.3 Å². The van der Waals surface area contributed by atoms with Crippen LogP contribution in [0.3, 0.4) is 0 Å². The molecule has 2 aromatic heterocycles. The highest BCUT2D eigenvalue weighted by Gasteiger charge is 2.17. The van der Waals surface area contributed by atoms with Gasteiger partial charge in [-0.3, -0.25) is 10.2 Å². The Hall–Kier alpha value is -2.99. The smallest absolute Gasteiger partial charge is 0.423 e. The number of likely N-dealkylation sites (N-methyl/N-ethyl adjacent to an activating group) is 1. The van der Waals surface area contributed by atoms with Crippen molar-refractivity contribution < 1.29 is 14.7 Å². The Balaban J connectivity index is 1.44. The highest BCUT2D eigenvalue weighted by Crippen LogP contribution is 2.37. The van der Waals surface area contributed by atoms with Gasteiger partial charge in [-0.15, -0.1) is 11.3 Å². The molecule has 4 N–H and O–H groups in total. The fraction of sp³-hybridized carbons (Fsp3) is 0.364. The van der Waals surface area contributed by atoms with Crippen LogP contribution in [0, 0.1) is 0 Å². The number of benzene rings is 1. The summed E-state index contributed by atoms with van der Waals surface area (Å²) in [4.78, 5) is 37.6. The monoisotopic (exact) mass is 503 g/mol. The number of halogens is 1. The Morgan fingerprint density at radius 1 is 1.21 bits per heavy atom. The molecule has 0 atom stereocenters. The van der Waals surface area contributed by atoms with Crippen molar-refractivity contribution in [1.29, 1.82) is 0 Å². The Morgan fingerprint density at radius 3 is 2.76 bits per heavy atom. The second kappa shape index (κ2) is 11.0. The maximum atomic E-state index is 12.4. The van der Waals surface area contributed by atoms with Gasteiger partial charge in [-0.1, -0.05) is 17.7 Å². The van der Waals surface area contributed by atoms with Gasteiger partial charge >= 0.3 is 6.09 Å². The van der Waals surface area contributed by atoms with Gasteiger partial charge in [0.2, 0.25) is 5.95 Å². The molecule has 1 saturated heterocycles. The Bertz CT molecular complexity index is 1180. The van der Waals surface area contributed by atoms with E-state index in [1.165, 1.54) is 11.3 Å². The summed E-state index contributed by atoms with van der Waals surface area (Å²) < 4.78 is 0.856. The number of nitrogens with zero attached hydrogens (tertiary/aromatic N) is 4. The van der Waals surface area contributed by atoms with Crippen LogP contribution in [0.1, 0.15) is 16.8 Å². The van der Waals surface area contributed by atoms with Crippen molar-refractivity contribution >= 4 is 51.0 Å². The molecule has 1 aliphatic rings. The number of nitrogens with one attached hydrogen (secondary N) is 3. The van der Waals surface area contributed by atoms with E-state index in [0.29, 0.717) is 27.6 Å². The summed E-state index contributed by atoms with van der Waals surface area (Å²) in [5, 5.41) is 13.1. The lowest BCUT2D eigenvalue weighted by molar-refractivity contribution is 0.0928. The molecule has 34 heavy (non-hydrogen) atoms. The Kier molecular flexibility index (Phi) is 7.78. The zero-order valence-corrected chi connectivity index (χ0v) is 20.2. The SMILES string of the molecule is CN1CCN(CCCNc2ncc(Cl)c(-c3cc4c(C(=O)NNC(=O)O)cccc4s3)n2)CC1. The van der Waals surface area contributed by atoms with Crippen LogP contribution in [0.4, 0.5) is 10.7 Å². The van der Waals surface area contributed by atoms with Gasteiger partial charge < -0.3 is 20.2 Å². The first-order chi connectivity index (χ1) is 16.4. The molecule has 0 unspecified atom stereocenters. The van der Waals surface area contributed by atoms with Crippen LogP contribution in [0.5, 0.6) is 0 Å². The number of fused-ring (bicyclic) bond motifs is 1. The van der Waals surface area contributed by atoms with E-state index >= 15 is 0 Å². The quantitative estimate of drug-likeness (QED) is 0.287. The molecule has 3 heterocycles. The number of piperazine rings is 1. The summed E-state index contributed by atoms with van der Waals surface area (Å²) in [5.74, 6) is -0.0484. The number of carboxylic acid groups (broad SMARTS) is 1. The minimum Gasteiger partial charge on any atom is -0.464 e. The first-order valence-corrected chi connectivity index (χ1v) is 12.1. The highest BCUT2D eigenvalue weighted by atomic mass is 35.5. The number of carbonyl (C=O) groups is 2. The zero-order chi connectivity index (χ0) is 24.1. The highest BCUT2D eigenvalue weighted by molar-refractivity contribution is 7.22. The number of hydrogen-bond acceptors (Lipinski definition) is 8. The number of thiophene rings is 1. The first kappa shape index (κ1) is 24.1. The van der Waals surface area contributed by atoms with Crippen LogP contribution in [-0.2, 0) is 0 Å². The molecule has 1 aromatic carbocycles. The number of hydrazine groups is 1. The predicted octanol–water partition coefficient (Wildman–Crippen LogP) is 2.97. The van der Waals surface area contributed by atoms with Crippen molar-refractivity contribution in [3.8, 4) is 10.6 Å². The first-order valence-electron chi connectivity index (χ1n) is 10.9. The molecule has 2 amide bonds. The van der Waals surface area contributed by atoms with Crippen LogP contribution in [0.2, 0.25) is 5.02 Å². The molecule has 0 saturated carbocycles. The number of anilines is 1. The summed E-state index contributed by atoms with van der Waals surface area (Å²) in [5.41, 5.74) is 4.97. The molecule has 0 spiro atoms. The predicted molar refractivity (Wildman–Crippen MR) is 134 cm³/mol. The third-order valence-electron chi connectivity index (χ3n) is 5.60. The molecular formula is C22H26ClN7O3S. The molecule has 0 aliphatic carbocycles. The van der Waals surface area contributed by atoms with Gasteiger partial charge in [0.1, 0.15) is 5.69 Å². The van der Waals surface area contributed by atoms with E-state index in [-0.39, 0.29) is 0 Å². The van der Waals surface area contributed by atoms with Gasteiger partial charge in [0, 0.05) is 48.4 Å². The fourth-order valence-corrected chi connectivity index (χ4v) is 5.09. The van der Waals surface area contributed by atoms with Gasteiger partial charge in [0.05, 0.1) is 16.1 Å². The molecule has 12 heteroatoms. The number of rotatable bonds is 7. The van der Waals surface area contributed by atoms with Crippen molar-refractivity contribution in [3.05, 3.63) is 41.0 Å². The minimum absolute atomic E-state index is 0.348. The summed E-state index contributed by atoms with van der Waals surface area (Å²) in [6, 6.07) is 7.10. The van der Waals surface area contributed by atoms with Crippen molar-refractivity contribution in [2.45, 2.75) is 6.42 Å². The normalized spacial score (nSPS) is 14.8. The summed E-state index contributed by atoms with van der Waals surface area (Å²) >= 11 is 7.86. The molecule has 3 aromatic rings. The number of carbonyl (C=O) groups excluding carboxylic acids is 1. The second-order valence-electron chi connectivity index (χ2n) is 8.03.